The van der Waals surface area contributed by atoms with Crippen molar-refractivity contribution in [2.24, 2.45) is 0 Å². The van der Waals surface area contributed by atoms with E-state index >= 15 is 0 Å². The molecule has 25 heavy (non-hydrogen) atoms. The number of ether oxygens (including phenoxy) is 2. The van der Waals surface area contributed by atoms with Crippen molar-refractivity contribution in [3.63, 3.8) is 0 Å². The van der Waals surface area contributed by atoms with Crippen molar-refractivity contribution in [1.29, 1.82) is 0 Å². The first-order valence-corrected chi connectivity index (χ1v) is 7.55. The Labute approximate surface area is 146 Å². The van der Waals surface area contributed by atoms with Crippen molar-refractivity contribution >= 4 is 18.1 Å². The summed E-state index contributed by atoms with van der Waals surface area (Å²) in [6.07, 6.45) is 3.82. The fourth-order valence-corrected chi connectivity index (χ4v) is 2.13. The number of carboxylic acid groups (broad SMARTS) is 1. The fourth-order valence-electron chi connectivity index (χ4n) is 2.13. The number of carbonyl (C=O) groups is 1. The highest BCUT2D eigenvalue weighted by Gasteiger charge is 2.06. The van der Waals surface area contributed by atoms with Crippen molar-refractivity contribution in [1.82, 2.24) is 0 Å². The van der Waals surface area contributed by atoms with Gasteiger partial charge in [0.2, 0.25) is 0 Å². The molecule has 6 heteroatoms. The van der Waals surface area contributed by atoms with Crippen LogP contribution in [0.2, 0.25) is 0 Å². The van der Waals surface area contributed by atoms with Crippen LogP contribution in [-0.4, -0.2) is 32.1 Å². The second-order valence-corrected chi connectivity index (χ2v) is 5.11. The van der Waals surface area contributed by atoms with Gasteiger partial charge in [0.15, 0.2) is 6.79 Å². The number of methoxy groups -OCH3 is 1. The minimum atomic E-state index is -0.940. The minimum Gasteiger partial charge on any atom is -0.478 e. The summed E-state index contributed by atoms with van der Waals surface area (Å²) in [4.78, 5) is 20.5. The van der Waals surface area contributed by atoms with Crippen molar-refractivity contribution in [2.75, 3.05) is 21.0 Å². The van der Waals surface area contributed by atoms with E-state index in [0.717, 1.165) is 16.7 Å². The summed E-state index contributed by atoms with van der Waals surface area (Å²) >= 11 is 0. The highest BCUT2D eigenvalue weighted by molar-refractivity contribution is 5.88. The summed E-state index contributed by atoms with van der Waals surface area (Å²) in [5.74, 6) is -0.285. The van der Waals surface area contributed by atoms with Crippen molar-refractivity contribution in [3.8, 4) is 5.75 Å². The summed E-state index contributed by atoms with van der Waals surface area (Å²) in [5.41, 5.74) is 2.93. The monoisotopic (exact) mass is 344 g/mol. The Kier molecular flexibility index (Phi) is 7.16. The molecule has 0 bridgehead atoms. The third-order valence-electron chi connectivity index (χ3n) is 3.37. The van der Waals surface area contributed by atoms with Crippen LogP contribution in [0.5, 0.6) is 5.75 Å². The summed E-state index contributed by atoms with van der Waals surface area (Å²) in [5, 5.41) is 8.91. The second-order valence-electron chi connectivity index (χ2n) is 5.11. The lowest BCUT2D eigenvalue weighted by Gasteiger charge is -2.11. The number of hydrogen-bond acceptors (Lipinski definition) is 5. The largest absolute Gasteiger partial charge is 0.478 e. The second kappa shape index (κ2) is 9.58. The van der Waals surface area contributed by atoms with Crippen LogP contribution in [0.3, 0.4) is 0 Å². The predicted octanol–water partition coefficient (Wildman–Crippen LogP) is 3.62. The summed E-state index contributed by atoms with van der Waals surface area (Å²) in [6.45, 7) is 0.385. The zero-order valence-electron chi connectivity index (χ0n) is 14.1. The molecular weight excluding hydrogens is 324 g/mol. The lowest BCUT2D eigenvalue weighted by molar-refractivity contribution is -0.282. The molecule has 0 aromatic heterocycles. The fraction of sp³-hybridized carbons (Fsp3) is 0.211. The first-order valence-electron chi connectivity index (χ1n) is 7.55. The van der Waals surface area contributed by atoms with E-state index < -0.39 is 5.97 Å². The van der Waals surface area contributed by atoms with E-state index in [-0.39, 0.29) is 19.0 Å². The maximum atomic E-state index is 10.9. The molecule has 132 valence electrons. The molecule has 0 saturated heterocycles. The van der Waals surface area contributed by atoms with Gasteiger partial charge in [-0.05, 0) is 35.4 Å². The molecule has 2 aromatic rings. The van der Waals surface area contributed by atoms with E-state index in [4.69, 9.17) is 19.5 Å². The van der Waals surface area contributed by atoms with Crippen LogP contribution in [0.25, 0.3) is 12.2 Å². The molecule has 0 spiro atoms. The van der Waals surface area contributed by atoms with Gasteiger partial charge in [-0.2, -0.15) is 0 Å². The summed E-state index contributed by atoms with van der Waals surface area (Å²) in [7, 11) is 3.00. The van der Waals surface area contributed by atoms with E-state index in [1.165, 1.54) is 7.11 Å². The Morgan fingerprint density at radius 2 is 1.72 bits per heavy atom. The highest BCUT2D eigenvalue weighted by atomic mass is 17.2. The van der Waals surface area contributed by atoms with E-state index in [1.807, 2.05) is 30.4 Å². The average Bonchev–Trinajstić information content (AvgIpc) is 2.64. The molecule has 0 unspecified atom stereocenters. The lowest BCUT2D eigenvalue weighted by Crippen LogP contribution is -2.03. The van der Waals surface area contributed by atoms with Gasteiger partial charge in [0.05, 0.1) is 12.7 Å². The first-order chi connectivity index (χ1) is 12.1. The van der Waals surface area contributed by atoms with Gasteiger partial charge in [0.25, 0.3) is 0 Å². The van der Waals surface area contributed by atoms with Gasteiger partial charge in [-0.25, -0.2) is 14.6 Å². The zero-order valence-corrected chi connectivity index (χ0v) is 14.1. The number of benzene rings is 2. The molecule has 0 aliphatic rings. The molecule has 0 atom stereocenters. The van der Waals surface area contributed by atoms with Crippen LogP contribution in [0.15, 0.2) is 42.5 Å². The topological polar surface area (TPSA) is 74.2 Å². The number of hydrogen-bond donors (Lipinski definition) is 1. The molecule has 0 fully saturated rings. The smallest absolute Gasteiger partial charge is 0.335 e. The number of carboxylic acids is 1. The first kappa shape index (κ1) is 18.7. The lowest BCUT2D eigenvalue weighted by atomic mass is 10.1. The SMILES string of the molecule is COCOc1ccc(C=Cc2ccc(C(=O)O)cc2)cc1COOC. The van der Waals surface area contributed by atoms with Gasteiger partial charge < -0.3 is 14.6 Å². The number of aromatic carboxylic acids is 1. The molecular formula is C19H20O6. The van der Waals surface area contributed by atoms with Crippen LogP contribution in [0.1, 0.15) is 27.0 Å². The molecule has 0 amide bonds. The van der Waals surface area contributed by atoms with Crippen LogP contribution in [0, 0.1) is 0 Å². The molecule has 6 nitrogen and oxygen atoms in total. The third-order valence-corrected chi connectivity index (χ3v) is 3.37. The average molecular weight is 344 g/mol. The third kappa shape index (κ3) is 5.72. The summed E-state index contributed by atoms with van der Waals surface area (Å²) < 4.78 is 10.4. The maximum Gasteiger partial charge on any atom is 0.335 e. The van der Waals surface area contributed by atoms with E-state index in [0.29, 0.717) is 5.75 Å². The van der Waals surface area contributed by atoms with E-state index in [9.17, 15) is 4.79 Å². The zero-order chi connectivity index (χ0) is 18.1. The molecule has 2 rings (SSSR count). The van der Waals surface area contributed by atoms with Gasteiger partial charge in [-0.15, -0.1) is 0 Å². The Morgan fingerprint density at radius 3 is 2.36 bits per heavy atom. The molecule has 0 aliphatic carbocycles. The van der Waals surface area contributed by atoms with E-state index in [2.05, 4.69) is 4.89 Å². The molecule has 0 radical (unpaired) electrons. The van der Waals surface area contributed by atoms with Gasteiger partial charge in [-0.1, -0.05) is 30.4 Å². The standard InChI is InChI=1S/C19H20O6/c1-22-13-24-18-10-7-15(11-17(18)12-25-23-2)4-3-14-5-8-16(9-6-14)19(20)21/h3-11H,12-13H2,1-2H3,(H,20,21). The van der Waals surface area contributed by atoms with Crippen LogP contribution in [-0.2, 0) is 21.1 Å². The molecule has 0 aliphatic heterocycles. The normalized spacial score (nSPS) is 11.0. The maximum absolute atomic E-state index is 10.9. The van der Waals surface area contributed by atoms with Crippen LogP contribution >= 0.6 is 0 Å². The summed E-state index contributed by atoms with van der Waals surface area (Å²) in [6, 6.07) is 12.3. The van der Waals surface area contributed by atoms with Gasteiger partial charge in [-0.3, -0.25) is 0 Å². The number of rotatable bonds is 9. The van der Waals surface area contributed by atoms with Gasteiger partial charge >= 0.3 is 5.97 Å². The predicted molar refractivity (Wildman–Crippen MR) is 93.1 cm³/mol. The molecule has 1 N–H and O–H groups in total. The van der Waals surface area contributed by atoms with Crippen molar-refractivity contribution in [3.05, 3.63) is 64.7 Å². The van der Waals surface area contributed by atoms with Gasteiger partial charge in [0, 0.05) is 12.7 Å². The van der Waals surface area contributed by atoms with Crippen molar-refractivity contribution < 1.29 is 29.1 Å². The minimum absolute atomic E-state index is 0.144. The van der Waals surface area contributed by atoms with E-state index in [1.54, 1.807) is 31.4 Å². The highest BCUT2D eigenvalue weighted by Crippen LogP contribution is 2.23. The van der Waals surface area contributed by atoms with Crippen LogP contribution < -0.4 is 4.74 Å². The van der Waals surface area contributed by atoms with Gasteiger partial charge in [0.1, 0.15) is 12.4 Å². The Hall–Kier alpha value is -2.67. The van der Waals surface area contributed by atoms with Crippen LogP contribution in [0.4, 0.5) is 0 Å². The Balaban J connectivity index is 2.15. The molecule has 0 heterocycles. The quantitative estimate of drug-likeness (QED) is 0.324. The molecule has 2 aromatic carbocycles. The Morgan fingerprint density at radius 1 is 1.04 bits per heavy atom. The molecule has 0 saturated carbocycles. The Bertz CT molecular complexity index is 721. The van der Waals surface area contributed by atoms with Crippen molar-refractivity contribution in [2.45, 2.75) is 6.61 Å².